The van der Waals surface area contributed by atoms with Crippen LogP contribution < -0.4 is 16.4 Å². The minimum atomic E-state index is -0.415. The van der Waals surface area contributed by atoms with Gasteiger partial charge in [-0.15, -0.1) is 0 Å². The Bertz CT molecular complexity index is 309. The van der Waals surface area contributed by atoms with E-state index in [1.54, 1.807) is 0 Å². The molecule has 0 aromatic rings. The fraction of sp³-hybridized carbons (Fsp3) is 0.889. The highest BCUT2D eigenvalue weighted by Gasteiger charge is 2.19. The molecule has 0 bridgehead atoms. The molecule has 0 saturated carbocycles. The van der Waals surface area contributed by atoms with E-state index in [-0.39, 0.29) is 11.8 Å². The van der Waals surface area contributed by atoms with Crippen LogP contribution in [0.2, 0.25) is 0 Å². The molecule has 0 saturated heterocycles. The zero-order valence-corrected chi connectivity index (χ0v) is 15.2. The van der Waals surface area contributed by atoms with E-state index in [0.717, 1.165) is 44.9 Å². The number of hydrogen-bond acceptors (Lipinski definition) is 3. The SMILES string of the molecule is CCCCCCNC(=O)C(CCCCN)NC(=O)CCCCC. The third-order valence-electron chi connectivity index (χ3n) is 3.94. The maximum Gasteiger partial charge on any atom is 0.242 e. The molecular weight excluding hydrogens is 290 g/mol. The van der Waals surface area contributed by atoms with Crippen LogP contribution >= 0.6 is 0 Å². The highest BCUT2D eigenvalue weighted by molar-refractivity contribution is 5.87. The smallest absolute Gasteiger partial charge is 0.242 e. The van der Waals surface area contributed by atoms with E-state index in [1.165, 1.54) is 12.8 Å². The molecular formula is C18H37N3O2. The normalized spacial score (nSPS) is 12.0. The van der Waals surface area contributed by atoms with Crippen molar-refractivity contribution in [2.75, 3.05) is 13.1 Å². The molecule has 0 fully saturated rings. The lowest BCUT2D eigenvalue weighted by Crippen LogP contribution is -2.47. The second-order valence-electron chi connectivity index (χ2n) is 6.21. The van der Waals surface area contributed by atoms with Crippen LogP contribution in [0.1, 0.15) is 84.5 Å². The number of carbonyl (C=O) groups excluding carboxylic acids is 2. The van der Waals surface area contributed by atoms with Crippen LogP contribution in [0.4, 0.5) is 0 Å². The topological polar surface area (TPSA) is 84.2 Å². The lowest BCUT2D eigenvalue weighted by molar-refractivity contribution is -0.129. The van der Waals surface area contributed by atoms with Gasteiger partial charge in [-0.3, -0.25) is 9.59 Å². The summed E-state index contributed by atoms with van der Waals surface area (Å²) in [4.78, 5) is 24.2. The molecule has 0 aliphatic carbocycles. The lowest BCUT2D eigenvalue weighted by Gasteiger charge is -2.18. The van der Waals surface area contributed by atoms with Crippen molar-refractivity contribution in [2.45, 2.75) is 90.5 Å². The predicted octanol–water partition coefficient (Wildman–Crippen LogP) is 2.88. The second-order valence-corrected chi connectivity index (χ2v) is 6.21. The van der Waals surface area contributed by atoms with Crippen molar-refractivity contribution >= 4 is 11.8 Å². The molecule has 5 heteroatoms. The minimum Gasteiger partial charge on any atom is -0.354 e. The Hall–Kier alpha value is -1.10. The molecule has 0 aromatic heterocycles. The Labute approximate surface area is 142 Å². The highest BCUT2D eigenvalue weighted by atomic mass is 16.2. The Balaban J connectivity index is 4.19. The molecule has 1 atom stereocenters. The maximum atomic E-state index is 12.3. The summed E-state index contributed by atoms with van der Waals surface area (Å²) >= 11 is 0. The Kier molecular flexibility index (Phi) is 15.0. The fourth-order valence-corrected chi connectivity index (χ4v) is 2.45. The van der Waals surface area contributed by atoms with E-state index in [2.05, 4.69) is 24.5 Å². The first-order valence-electron chi connectivity index (χ1n) is 9.42. The van der Waals surface area contributed by atoms with Crippen LogP contribution in [0, 0.1) is 0 Å². The molecule has 4 N–H and O–H groups in total. The molecule has 136 valence electrons. The summed E-state index contributed by atoms with van der Waals surface area (Å²) in [6.45, 7) is 5.59. The van der Waals surface area contributed by atoms with Crippen LogP contribution in [0.3, 0.4) is 0 Å². The molecule has 0 spiro atoms. The molecule has 1 unspecified atom stereocenters. The van der Waals surface area contributed by atoms with E-state index >= 15 is 0 Å². The number of nitrogens with one attached hydrogen (secondary N) is 2. The summed E-state index contributed by atoms with van der Waals surface area (Å²) in [5.41, 5.74) is 5.51. The number of unbranched alkanes of at least 4 members (excludes halogenated alkanes) is 6. The second kappa shape index (κ2) is 15.8. The molecule has 0 aliphatic heterocycles. The zero-order chi connectivity index (χ0) is 17.3. The van der Waals surface area contributed by atoms with Crippen LogP contribution in [-0.4, -0.2) is 30.9 Å². The number of rotatable bonds is 15. The summed E-state index contributed by atoms with van der Waals surface area (Å²) in [6, 6.07) is -0.415. The number of carbonyl (C=O) groups is 2. The largest absolute Gasteiger partial charge is 0.354 e. The quantitative estimate of drug-likeness (QED) is 0.404. The van der Waals surface area contributed by atoms with Crippen molar-refractivity contribution < 1.29 is 9.59 Å². The van der Waals surface area contributed by atoms with Crippen LogP contribution in [-0.2, 0) is 9.59 Å². The zero-order valence-electron chi connectivity index (χ0n) is 15.2. The van der Waals surface area contributed by atoms with E-state index in [0.29, 0.717) is 25.9 Å². The minimum absolute atomic E-state index is 0.0164. The van der Waals surface area contributed by atoms with E-state index in [1.807, 2.05) is 0 Å². The Morgan fingerprint density at radius 3 is 2.26 bits per heavy atom. The van der Waals surface area contributed by atoms with Gasteiger partial charge in [-0.1, -0.05) is 46.0 Å². The maximum absolute atomic E-state index is 12.3. The predicted molar refractivity (Wildman–Crippen MR) is 96.1 cm³/mol. The average Bonchev–Trinajstić information content (AvgIpc) is 2.54. The summed E-state index contributed by atoms with van der Waals surface area (Å²) < 4.78 is 0. The van der Waals surface area contributed by atoms with Crippen LogP contribution in [0.5, 0.6) is 0 Å². The van der Waals surface area contributed by atoms with Gasteiger partial charge in [0.05, 0.1) is 0 Å². The molecule has 0 radical (unpaired) electrons. The van der Waals surface area contributed by atoms with Crippen molar-refractivity contribution in [3.63, 3.8) is 0 Å². The van der Waals surface area contributed by atoms with Gasteiger partial charge in [-0.25, -0.2) is 0 Å². The first kappa shape index (κ1) is 21.9. The van der Waals surface area contributed by atoms with Gasteiger partial charge in [0, 0.05) is 13.0 Å². The third-order valence-corrected chi connectivity index (χ3v) is 3.94. The summed E-state index contributed by atoms with van der Waals surface area (Å²) in [5, 5.41) is 5.85. The first-order chi connectivity index (χ1) is 11.2. The molecule has 0 heterocycles. The van der Waals surface area contributed by atoms with Crippen molar-refractivity contribution in [1.29, 1.82) is 0 Å². The first-order valence-corrected chi connectivity index (χ1v) is 9.42. The van der Waals surface area contributed by atoms with Gasteiger partial charge in [-0.05, 0) is 38.6 Å². The van der Waals surface area contributed by atoms with Gasteiger partial charge in [0.2, 0.25) is 11.8 Å². The van der Waals surface area contributed by atoms with Gasteiger partial charge >= 0.3 is 0 Å². The van der Waals surface area contributed by atoms with Gasteiger partial charge in [0.1, 0.15) is 6.04 Å². The highest BCUT2D eigenvalue weighted by Crippen LogP contribution is 2.04. The van der Waals surface area contributed by atoms with Crippen LogP contribution in [0.25, 0.3) is 0 Å². The summed E-state index contributed by atoms with van der Waals surface area (Å²) in [7, 11) is 0. The van der Waals surface area contributed by atoms with E-state index in [9.17, 15) is 9.59 Å². The van der Waals surface area contributed by atoms with Gasteiger partial charge in [-0.2, -0.15) is 0 Å². The number of amides is 2. The Morgan fingerprint density at radius 1 is 0.913 bits per heavy atom. The molecule has 0 rings (SSSR count). The van der Waals surface area contributed by atoms with Crippen molar-refractivity contribution in [1.82, 2.24) is 10.6 Å². The van der Waals surface area contributed by atoms with Gasteiger partial charge < -0.3 is 16.4 Å². The fourth-order valence-electron chi connectivity index (χ4n) is 2.45. The molecule has 2 amide bonds. The average molecular weight is 328 g/mol. The molecule has 5 nitrogen and oxygen atoms in total. The Morgan fingerprint density at radius 2 is 1.61 bits per heavy atom. The molecule has 0 aromatic carbocycles. The molecule has 23 heavy (non-hydrogen) atoms. The van der Waals surface area contributed by atoms with E-state index in [4.69, 9.17) is 5.73 Å². The standard InChI is InChI=1S/C18H37N3O2/c1-3-5-7-11-15-20-18(23)16(12-9-10-14-19)21-17(22)13-8-6-4-2/h16H,3-15,19H2,1-2H3,(H,20,23)(H,21,22). The van der Waals surface area contributed by atoms with E-state index < -0.39 is 6.04 Å². The van der Waals surface area contributed by atoms with Crippen LogP contribution in [0.15, 0.2) is 0 Å². The third kappa shape index (κ3) is 13.1. The number of hydrogen-bond donors (Lipinski definition) is 3. The molecule has 0 aliphatic rings. The number of nitrogens with two attached hydrogens (primary N) is 1. The summed E-state index contributed by atoms with van der Waals surface area (Å²) in [6.07, 6.45) is 10.5. The van der Waals surface area contributed by atoms with Gasteiger partial charge in [0.15, 0.2) is 0 Å². The summed E-state index contributed by atoms with van der Waals surface area (Å²) in [5.74, 6) is -0.0697. The van der Waals surface area contributed by atoms with Crippen molar-refractivity contribution in [3.8, 4) is 0 Å². The van der Waals surface area contributed by atoms with Gasteiger partial charge in [0.25, 0.3) is 0 Å². The monoisotopic (exact) mass is 327 g/mol. The lowest BCUT2D eigenvalue weighted by atomic mass is 10.1. The van der Waals surface area contributed by atoms with Crippen molar-refractivity contribution in [3.05, 3.63) is 0 Å². The van der Waals surface area contributed by atoms with Crippen molar-refractivity contribution in [2.24, 2.45) is 5.73 Å².